The van der Waals surface area contributed by atoms with E-state index in [0.29, 0.717) is 5.02 Å². The lowest BCUT2D eigenvalue weighted by Gasteiger charge is -2.05. The number of benzene rings is 1. The molecule has 0 radical (unpaired) electrons. The maximum Gasteiger partial charge on any atom is 0.108 e. The lowest BCUT2D eigenvalue weighted by atomic mass is 10.1. The number of nitrogens with zero attached hydrogens (tertiary/aromatic N) is 2. The largest absolute Gasteiger partial charge is 0.254 e. The average molecular weight is 329 g/mol. The molecule has 2 aromatic heterocycles. The summed E-state index contributed by atoms with van der Waals surface area (Å²) in [6.45, 7) is 4.30. The number of hydrogen-bond donors (Lipinski definition) is 0. The van der Waals surface area contributed by atoms with E-state index in [0.717, 1.165) is 29.2 Å². The molecule has 0 saturated carbocycles. The minimum Gasteiger partial charge on any atom is -0.254 e. The molecule has 0 N–H and O–H groups in total. The van der Waals surface area contributed by atoms with Crippen LogP contribution < -0.4 is 0 Å². The Hall–Kier alpha value is -1.71. The molecule has 1 aromatic carbocycles. The van der Waals surface area contributed by atoms with Gasteiger partial charge in [0, 0.05) is 11.2 Å². The van der Waals surface area contributed by atoms with E-state index in [4.69, 9.17) is 16.6 Å². The highest BCUT2D eigenvalue weighted by Crippen LogP contribution is 2.38. The first-order valence-corrected chi connectivity index (χ1v) is 8.56. The van der Waals surface area contributed by atoms with Gasteiger partial charge in [-0.3, -0.25) is 4.98 Å². The fourth-order valence-corrected chi connectivity index (χ4v) is 3.83. The van der Waals surface area contributed by atoms with Crippen molar-refractivity contribution in [3.63, 3.8) is 0 Å². The van der Waals surface area contributed by atoms with Crippen LogP contribution >= 0.6 is 22.9 Å². The average Bonchev–Trinajstić information content (AvgIpc) is 2.92. The van der Waals surface area contributed by atoms with Crippen molar-refractivity contribution in [3.8, 4) is 21.8 Å². The first-order chi connectivity index (χ1) is 10.7. The summed E-state index contributed by atoms with van der Waals surface area (Å²) in [5.74, 6) is 0. The van der Waals surface area contributed by atoms with Crippen LogP contribution in [0.2, 0.25) is 5.02 Å². The standard InChI is InChI=1S/C18H17ClN2S/c1-3-6-16-21-17(15-11-13(19)9-10-20-15)18(22-16)14-8-5-4-7-12(14)2/h4-5,7-11H,3,6H2,1-2H3. The zero-order chi connectivity index (χ0) is 15.5. The van der Waals surface area contributed by atoms with Gasteiger partial charge >= 0.3 is 0 Å². The van der Waals surface area contributed by atoms with Crippen molar-refractivity contribution in [2.45, 2.75) is 26.7 Å². The SMILES string of the molecule is CCCc1nc(-c2cc(Cl)ccn2)c(-c2ccccc2C)s1. The van der Waals surface area contributed by atoms with Crippen LogP contribution in [0.5, 0.6) is 0 Å². The van der Waals surface area contributed by atoms with E-state index in [1.807, 2.05) is 6.07 Å². The van der Waals surface area contributed by atoms with Crippen molar-refractivity contribution >= 4 is 22.9 Å². The predicted molar refractivity (Wildman–Crippen MR) is 94.5 cm³/mol. The smallest absolute Gasteiger partial charge is 0.108 e. The van der Waals surface area contributed by atoms with Gasteiger partial charge in [-0.1, -0.05) is 42.8 Å². The van der Waals surface area contributed by atoms with Gasteiger partial charge < -0.3 is 0 Å². The number of hydrogen-bond acceptors (Lipinski definition) is 3. The van der Waals surface area contributed by atoms with Crippen LogP contribution in [0, 0.1) is 6.92 Å². The minimum atomic E-state index is 0.686. The highest BCUT2D eigenvalue weighted by atomic mass is 35.5. The zero-order valence-electron chi connectivity index (χ0n) is 12.6. The van der Waals surface area contributed by atoms with E-state index in [9.17, 15) is 0 Å². The van der Waals surface area contributed by atoms with E-state index >= 15 is 0 Å². The van der Waals surface area contributed by atoms with Crippen molar-refractivity contribution in [2.75, 3.05) is 0 Å². The van der Waals surface area contributed by atoms with Crippen LogP contribution in [-0.2, 0) is 6.42 Å². The molecular formula is C18H17ClN2S. The van der Waals surface area contributed by atoms with E-state index in [-0.39, 0.29) is 0 Å². The van der Waals surface area contributed by atoms with E-state index < -0.39 is 0 Å². The molecule has 0 unspecified atom stereocenters. The van der Waals surface area contributed by atoms with Crippen molar-refractivity contribution < 1.29 is 0 Å². The van der Waals surface area contributed by atoms with Gasteiger partial charge in [-0.2, -0.15) is 0 Å². The highest BCUT2D eigenvalue weighted by molar-refractivity contribution is 7.15. The molecule has 0 aliphatic carbocycles. The number of aryl methyl sites for hydroxylation is 2. The summed E-state index contributed by atoms with van der Waals surface area (Å²) in [5, 5.41) is 1.84. The van der Waals surface area contributed by atoms with Gasteiger partial charge in [0.1, 0.15) is 5.69 Å². The summed E-state index contributed by atoms with van der Waals surface area (Å²) in [5.41, 5.74) is 4.24. The Morgan fingerprint density at radius 1 is 1.18 bits per heavy atom. The molecule has 0 spiro atoms. The Morgan fingerprint density at radius 2 is 2.00 bits per heavy atom. The summed E-state index contributed by atoms with van der Waals surface area (Å²) in [4.78, 5) is 10.5. The number of halogens is 1. The Balaban J connectivity index is 2.18. The van der Waals surface area contributed by atoms with Gasteiger partial charge in [-0.25, -0.2) is 4.98 Å². The third-order valence-corrected chi connectivity index (χ3v) is 4.87. The van der Waals surface area contributed by atoms with Gasteiger partial charge in [0.15, 0.2) is 0 Å². The normalized spacial score (nSPS) is 10.9. The molecule has 0 aliphatic rings. The van der Waals surface area contributed by atoms with Crippen molar-refractivity contribution in [1.29, 1.82) is 0 Å². The molecule has 2 nitrogen and oxygen atoms in total. The predicted octanol–water partition coefficient (Wildman–Crippen LogP) is 5.79. The Bertz CT molecular complexity index is 795. The third-order valence-electron chi connectivity index (χ3n) is 3.49. The van der Waals surface area contributed by atoms with Gasteiger partial charge in [-0.15, -0.1) is 11.3 Å². The van der Waals surface area contributed by atoms with Crippen LogP contribution in [-0.4, -0.2) is 9.97 Å². The van der Waals surface area contributed by atoms with Gasteiger partial charge in [0.2, 0.25) is 0 Å². The highest BCUT2D eigenvalue weighted by Gasteiger charge is 2.17. The molecule has 3 aromatic rings. The lowest BCUT2D eigenvalue weighted by molar-refractivity contribution is 0.909. The maximum atomic E-state index is 6.13. The number of aromatic nitrogens is 2. The molecule has 2 heterocycles. The Kier molecular flexibility index (Phi) is 4.55. The first kappa shape index (κ1) is 15.2. The molecular weight excluding hydrogens is 312 g/mol. The fraction of sp³-hybridized carbons (Fsp3) is 0.222. The second-order valence-electron chi connectivity index (χ2n) is 5.21. The van der Waals surface area contributed by atoms with Crippen LogP contribution in [0.4, 0.5) is 0 Å². The summed E-state index contributed by atoms with van der Waals surface area (Å²) in [6.07, 6.45) is 3.81. The summed E-state index contributed by atoms with van der Waals surface area (Å²) in [7, 11) is 0. The van der Waals surface area contributed by atoms with Crippen LogP contribution in [0.15, 0.2) is 42.6 Å². The Morgan fingerprint density at radius 3 is 2.73 bits per heavy atom. The summed E-state index contributed by atoms with van der Waals surface area (Å²) < 4.78 is 0. The lowest BCUT2D eigenvalue weighted by Crippen LogP contribution is -1.88. The van der Waals surface area contributed by atoms with E-state index in [1.165, 1.54) is 16.0 Å². The van der Waals surface area contributed by atoms with Crippen molar-refractivity contribution in [2.24, 2.45) is 0 Å². The van der Waals surface area contributed by atoms with Crippen LogP contribution in [0.25, 0.3) is 21.8 Å². The molecule has 0 amide bonds. The van der Waals surface area contributed by atoms with Crippen LogP contribution in [0.1, 0.15) is 23.9 Å². The second kappa shape index (κ2) is 6.59. The quantitative estimate of drug-likeness (QED) is 0.606. The van der Waals surface area contributed by atoms with E-state index in [2.05, 4.69) is 43.1 Å². The molecule has 4 heteroatoms. The minimum absolute atomic E-state index is 0.686. The van der Waals surface area contributed by atoms with Crippen molar-refractivity contribution in [1.82, 2.24) is 9.97 Å². The molecule has 0 bridgehead atoms. The molecule has 0 fully saturated rings. The first-order valence-electron chi connectivity index (χ1n) is 7.36. The second-order valence-corrected chi connectivity index (χ2v) is 6.73. The van der Waals surface area contributed by atoms with Gasteiger partial charge in [-0.05, 0) is 43.0 Å². The van der Waals surface area contributed by atoms with Crippen molar-refractivity contribution in [3.05, 3.63) is 58.2 Å². The molecule has 112 valence electrons. The maximum absolute atomic E-state index is 6.13. The molecule has 0 aliphatic heterocycles. The molecule has 22 heavy (non-hydrogen) atoms. The number of pyridine rings is 1. The zero-order valence-corrected chi connectivity index (χ0v) is 14.2. The topological polar surface area (TPSA) is 25.8 Å². The molecule has 0 atom stereocenters. The van der Waals surface area contributed by atoms with Gasteiger partial charge in [0.25, 0.3) is 0 Å². The number of thiazole rings is 1. The number of rotatable bonds is 4. The summed E-state index contributed by atoms with van der Waals surface area (Å²) >= 11 is 7.89. The Labute approximate surface area is 139 Å². The molecule has 3 rings (SSSR count). The molecule has 0 saturated heterocycles. The fourth-order valence-electron chi connectivity index (χ4n) is 2.40. The van der Waals surface area contributed by atoms with Crippen LogP contribution in [0.3, 0.4) is 0 Å². The van der Waals surface area contributed by atoms with Gasteiger partial charge in [0.05, 0.1) is 15.6 Å². The summed E-state index contributed by atoms with van der Waals surface area (Å²) in [6, 6.07) is 12.1. The monoisotopic (exact) mass is 328 g/mol. The third kappa shape index (κ3) is 3.06. The van der Waals surface area contributed by atoms with E-state index in [1.54, 1.807) is 23.6 Å².